The summed E-state index contributed by atoms with van der Waals surface area (Å²) >= 11 is 6.25. The Hall–Kier alpha value is -2.61. The van der Waals surface area contributed by atoms with Gasteiger partial charge in [0.25, 0.3) is 5.91 Å². The molecule has 2 aromatic rings. The highest BCUT2D eigenvalue weighted by atomic mass is 35.5. The molecule has 0 aliphatic carbocycles. The first-order valence-corrected chi connectivity index (χ1v) is 10.3. The van der Waals surface area contributed by atoms with Crippen LogP contribution in [-0.2, 0) is 11.3 Å². The summed E-state index contributed by atoms with van der Waals surface area (Å²) < 4.78 is 5.05. The van der Waals surface area contributed by atoms with Crippen molar-refractivity contribution >= 4 is 23.2 Å². The molecule has 0 aromatic heterocycles. The Morgan fingerprint density at radius 2 is 2.00 bits per heavy atom. The van der Waals surface area contributed by atoms with E-state index < -0.39 is 0 Å². The van der Waals surface area contributed by atoms with Gasteiger partial charge in [-0.05, 0) is 24.6 Å². The van der Waals surface area contributed by atoms with Gasteiger partial charge in [0.05, 0.1) is 25.9 Å². The van der Waals surface area contributed by atoms with Crippen LogP contribution in [-0.4, -0.2) is 56.4 Å². The highest BCUT2D eigenvalue weighted by Gasteiger charge is 2.22. The number of hydrogen-bond donors (Lipinski definition) is 2. The fraction of sp³-hybridized carbons (Fsp3) is 0.364. The molecule has 1 aliphatic rings. The Labute approximate surface area is 181 Å². The van der Waals surface area contributed by atoms with Crippen molar-refractivity contribution in [3.63, 3.8) is 0 Å². The van der Waals surface area contributed by atoms with Gasteiger partial charge in [-0.3, -0.25) is 9.69 Å². The largest absolute Gasteiger partial charge is 0.870 e. The lowest BCUT2D eigenvalue weighted by Crippen LogP contribution is -3.15. The number of halogens is 1. The molecule has 0 spiro atoms. The number of benzene rings is 2. The maximum atomic E-state index is 12.3. The van der Waals surface area contributed by atoms with Crippen LogP contribution in [0.2, 0.25) is 5.02 Å². The second-order valence-electron chi connectivity index (χ2n) is 7.39. The fourth-order valence-corrected chi connectivity index (χ4v) is 3.64. The number of nitrogens with one attached hydrogen (secondary N) is 2. The van der Waals surface area contributed by atoms with Gasteiger partial charge in [-0.2, -0.15) is 5.10 Å². The van der Waals surface area contributed by atoms with Gasteiger partial charge in [-0.1, -0.05) is 47.7 Å². The molecular weight excluding hydrogens is 404 g/mol. The summed E-state index contributed by atoms with van der Waals surface area (Å²) in [6.07, 6.45) is 0. The third-order valence-corrected chi connectivity index (χ3v) is 5.62. The zero-order valence-corrected chi connectivity index (χ0v) is 18.0. The zero-order chi connectivity index (χ0) is 21.5. The first-order chi connectivity index (χ1) is 14.5. The number of quaternary nitrogens is 1. The topological polar surface area (TPSA) is 81.4 Å². The molecule has 30 heavy (non-hydrogen) atoms. The molecular formula is C22H27ClN4O3. The number of carbonyl (C=O) groups excluding carboxylic acids is 1. The second kappa shape index (κ2) is 10.4. The van der Waals surface area contributed by atoms with Crippen molar-refractivity contribution in [2.45, 2.75) is 13.5 Å². The van der Waals surface area contributed by atoms with Crippen LogP contribution < -0.4 is 20.2 Å². The Kier molecular flexibility index (Phi) is 7.68. The lowest BCUT2D eigenvalue weighted by molar-refractivity contribution is -0.896. The Morgan fingerprint density at radius 1 is 1.27 bits per heavy atom. The number of hydrogen-bond acceptors (Lipinski definition) is 5. The molecule has 8 heteroatoms. The minimum Gasteiger partial charge on any atom is -0.870 e. The molecule has 7 nitrogen and oxygen atoms in total. The van der Waals surface area contributed by atoms with E-state index in [2.05, 4.69) is 21.5 Å². The maximum Gasteiger partial charge on any atom is 0.295 e. The van der Waals surface area contributed by atoms with E-state index in [0.717, 1.165) is 48.9 Å². The van der Waals surface area contributed by atoms with Gasteiger partial charge in [0.15, 0.2) is 6.54 Å². The van der Waals surface area contributed by atoms with Gasteiger partial charge in [0.1, 0.15) is 5.75 Å². The predicted molar refractivity (Wildman–Crippen MR) is 115 cm³/mol. The smallest absolute Gasteiger partial charge is 0.295 e. The van der Waals surface area contributed by atoms with Crippen LogP contribution in [0.3, 0.4) is 0 Å². The van der Waals surface area contributed by atoms with Crippen molar-refractivity contribution in [1.29, 1.82) is 0 Å². The Morgan fingerprint density at radius 3 is 2.70 bits per heavy atom. The average Bonchev–Trinajstić information content (AvgIpc) is 2.75. The monoisotopic (exact) mass is 430 g/mol. The molecule has 1 heterocycles. The van der Waals surface area contributed by atoms with E-state index in [-0.39, 0.29) is 17.4 Å². The number of amides is 1. The molecule has 1 fully saturated rings. The van der Waals surface area contributed by atoms with E-state index >= 15 is 0 Å². The normalized spacial score (nSPS) is 15.8. The molecule has 0 bridgehead atoms. The van der Waals surface area contributed by atoms with Gasteiger partial charge >= 0.3 is 0 Å². The highest BCUT2D eigenvalue weighted by molar-refractivity contribution is 6.31. The maximum absolute atomic E-state index is 12.3. The number of ether oxygens (including phenoxy) is 1. The summed E-state index contributed by atoms with van der Waals surface area (Å²) in [7, 11) is 1.45. The molecule has 0 unspecified atom stereocenters. The molecule has 160 valence electrons. The van der Waals surface area contributed by atoms with E-state index in [1.54, 1.807) is 19.1 Å². The summed E-state index contributed by atoms with van der Waals surface area (Å²) in [4.78, 5) is 15.9. The Balaban J connectivity index is 1.45. The first-order valence-electron chi connectivity index (χ1n) is 9.94. The van der Waals surface area contributed by atoms with Crippen molar-refractivity contribution in [1.82, 2.24) is 10.3 Å². The second-order valence-corrected chi connectivity index (χ2v) is 7.80. The van der Waals surface area contributed by atoms with Gasteiger partial charge in [0.2, 0.25) is 0 Å². The van der Waals surface area contributed by atoms with Crippen LogP contribution in [0.15, 0.2) is 47.6 Å². The number of methoxy groups -OCH3 is 1. The average molecular weight is 431 g/mol. The summed E-state index contributed by atoms with van der Waals surface area (Å²) in [6, 6.07) is 12.6. The molecule has 1 aliphatic heterocycles. The standard InChI is InChI=1S/C22H27ClN4O3/c1-16(17-7-8-20(28)21(13-17)30-2)24-25-22(29)15-27-11-9-26(10-12-27)14-18-5-3-4-6-19(18)23/h3-8,13,28H,9-12,14-15H2,1-2H3,(H,25,29). The van der Waals surface area contributed by atoms with E-state index in [1.807, 2.05) is 18.2 Å². The van der Waals surface area contributed by atoms with Gasteiger partial charge < -0.3 is 14.7 Å². The molecule has 0 radical (unpaired) electrons. The molecule has 2 aromatic carbocycles. The quantitative estimate of drug-likeness (QED) is 0.499. The molecule has 3 rings (SSSR count). The predicted octanol–water partition coefficient (Wildman–Crippen LogP) is 0.663. The number of rotatable bonds is 7. The molecule has 1 amide bonds. The third kappa shape index (κ3) is 5.95. The van der Waals surface area contributed by atoms with E-state index in [4.69, 9.17) is 16.3 Å². The van der Waals surface area contributed by atoms with Gasteiger partial charge in [-0.15, -0.1) is 0 Å². The van der Waals surface area contributed by atoms with Crippen LogP contribution in [0.25, 0.3) is 0 Å². The van der Waals surface area contributed by atoms with Crippen molar-refractivity contribution in [2.75, 3.05) is 39.8 Å². The third-order valence-electron chi connectivity index (χ3n) is 5.26. The minimum absolute atomic E-state index is 0.128. The number of carbonyl (C=O) groups is 1. The summed E-state index contributed by atoms with van der Waals surface area (Å²) in [5.41, 5.74) is 5.09. The zero-order valence-electron chi connectivity index (χ0n) is 17.3. The molecule has 1 saturated heterocycles. The lowest BCUT2D eigenvalue weighted by atomic mass is 10.1. The van der Waals surface area contributed by atoms with Crippen molar-refractivity contribution < 1.29 is 19.5 Å². The summed E-state index contributed by atoms with van der Waals surface area (Å²) in [5, 5.41) is 16.6. The van der Waals surface area contributed by atoms with E-state index in [0.29, 0.717) is 12.3 Å². The van der Waals surface area contributed by atoms with E-state index in [9.17, 15) is 9.90 Å². The van der Waals surface area contributed by atoms with Crippen molar-refractivity contribution in [2.24, 2.45) is 5.10 Å². The van der Waals surface area contributed by atoms with Crippen LogP contribution >= 0.6 is 11.6 Å². The number of piperazine rings is 1. The SMILES string of the molecule is COc1cc(C(C)=NNC(=O)C[NH+]2CCN(Cc3ccccc3Cl)CC2)ccc1[O-]. The number of nitrogens with zero attached hydrogens (tertiary/aromatic N) is 2. The van der Waals surface area contributed by atoms with Crippen LogP contribution in [0, 0.1) is 0 Å². The minimum atomic E-state index is -0.185. The van der Waals surface area contributed by atoms with Crippen LogP contribution in [0.5, 0.6) is 11.5 Å². The lowest BCUT2D eigenvalue weighted by Gasteiger charge is -2.31. The molecule has 2 N–H and O–H groups in total. The Bertz CT molecular complexity index is 911. The van der Waals surface area contributed by atoms with Crippen molar-refractivity contribution in [3.8, 4) is 11.5 Å². The molecule has 0 saturated carbocycles. The molecule has 0 atom stereocenters. The van der Waals surface area contributed by atoms with Gasteiger partial charge in [-0.25, -0.2) is 5.43 Å². The van der Waals surface area contributed by atoms with Gasteiger partial charge in [0, 0.05) is 30.2 Å². The summed E-state index contributed by atoms with van der Waals surface area (Å²) in [5.74, 6) is -0.0563. The first kappa shape index (κ1) is 22.1. The number of hydrazone groups is 1. The van der Waals surface area contributed by atoms with Crippen LogP contribution in [0.1, 0.15) is 18.1 Å². The van der Waals surface area contributed by atoms with Crippen molar-refractivity contribution in [3.05, 3.63) is 58.6 Å². The van der Waals surface area contributed by atoms with Crippen LogP contribution in [0.4, 0.5) is 0 Å². The van der Waals surface area contributed by atoms with E-state index in [1.165, 1.54) is 18.1 Å². The fourth-order valence-electron chi connectivity index (χ4n) is 3.44. The summed E-state index contributed by atoms with van der Waals surface area (Å²) in [6.45, 7) is 6.59. The highest BCUT2D eigenvalue weighted by Crippen LogP contribution is 2.23.